The lowest BCUT2D eigenvalue weighted by Gasteiger charge is -2.38. The highest BCUT2D eigenvalue weighted by Crippen LogP contribution is 2.20. The number of nitrogens with zero attached hydrogens (tertiary/aromatic N) is 1. The molecule has 0 radical (unpaired) electrons. The number of carbonyl (C=O) groups is 1. The first kappa shape index (κ1) is 13.8. The lowest BCUT2D eigenvalue weighted by molar-refractivity contribution is -0.136. The van der Waals surface area contributed by atoms with Crippen LogP contribution in [0, 0.1) is 0 Å². The number of amides is 1. The van der Waals surface area contributed by atoms with E-state index < -0.39 is 0 Å². The molecule has 0 aromatic heterocycles. The first-order valence-electron chi connectivity index (χ1n) is 5.74. The minimum Gasteiger partial charge on any atom is -0.381 e. The Morgan fingerprint density at radius 2 is 2.38 bits per heavy atom. The van der Waals surface area contributed by atoms with Crippen LogP contribution < -0.4 is 5.73 Å². The zero-order valence-corrected chi connectivity index (χ0v) is 11.0. The molecule has 0 spiro atoms. The van der Waals surface area contributed by atoms with Gasteiger partial charge in [-0.25, -0.2) is 0 Å². The second-order valence-electron chi connectivity index (χ2n) is 4.10. The van der Waals surface area contributed by atoms with E-state index in [1.165, 1.54) is 0 Å². The van der Waals surface area contributed by atoms with Gasteiger partial charge >= 0.3 is 0 Å². The van der Waals surface area contributed by atoms with Gasteiger partial charge in [0.1, 0.15) is 0 Å². The van der Waals surface area contributed by atoms with Crippen molar-refractivity contribution in [3.8, 4) is 0 Å². The van der Waals surface area contributed by atoms with E-state index in [0.717, 1.165) is 25.1 Å². The molecular weight excluding hydrogens is 224 g/mol. The second-order valence-corrected chi connectivity index (χ2v) is 5.09. The molecule has 2 atom stereocenters. The zero-order chi connectivity index (χ0) is 12.0. The lowest BCUT2D eigenvalue weighted by Crippen LogP contribution is -2.51. The highest BCUT2D eigenvalue weighted by atomic mass is 32.2. The van der Waals surface area contributed by atoms with Gasteiger partial charge in [0.25, 0.3) is 0 Å². The van der Waals surface area contributed by atoms with Crippen LogP contribution in [-0.4, -0.2) is 55.2 Å². The van der Waals surface area contributed by atoms with Gasteiger partial charge in [0.15, 0.2) is 0 Å². The molecule has 0 aliphatic carbocycles. The van der Waals surface area contributed by atoms with E-state index in [9.17, 15) is 4.79 Å². The van der Waals surface area contributed by atoms with Crippen molar-refractivity contribution in [2.24, 2.45) is 5.73 Å². The Labute approximate surface area is 102 Å². The predicted molar refractivity (Wildman–Crippen MR) is 67.6 cm³/mol. The number of piperidine rings is 1. The number of rotatable bonds is 5. The summed E-state index contributed by atoms with van der Waals surface area (Å²) in [4.78, 5) is 13.9. The Morgan fingerprint density at radius 1 is 1.62 bits per heavy atom. The van der Waals surface area contributed by atoms with Gasteiger partial charge in [0.2, 0.25) is 5.91 Å². The van der Waals surface area contributed by atoms with Crippen LogP contribution in [0.15, 0.2) is 0 Å². The molecule has 1 fully saturated rings. The summed E-state index contributed by atoms with van der Waals surface area (Å²) in [5.41, 5.74) is 5.72. The van der Waals surface area contributed by atoms with Crippen molar-refractivity contribution in [3.05, 3.63) is 0 Å². The highest BCUT2D eigenvalue weighted by molar-refractivity contribution is 7.98. The van der Waals surface area contributed by atoms with E-state index in [4.69, 9.17) is 10.5 Å². The number of methoxy groups -OCH3 is 1. The van der Waals surface area contributed by atoms with Crippen molar-refractivity contribution in [1.82, 2.24) is 4.90 Å². The summed E-state index contributed by atoms with van der Waals surface area (Å²) in [7, 11) is 1.73. The topological polar surface area (TPSA) is 55.6 Å². The van der Waals surface area contributed by atoms with Crippen LogP contribution in [0.1, 0.15) is 19.3 Å². The fraction of sp³-hybridized carbons (Fsp3) is 0.909. The van der Waals surface area contributed by atoms with E-state index in [1.807, 2.05) is 11.2 Å². The van der Waals surface area contributed by atoms with Gasteiger partial charge in [0.05, 0.1) is 6.10 Å². The van der Waals surface area contributed by atoms with Gasteiger partial charge in [-0.05, 0) is 19.1 Å². The van der Waals surface area contributed by atoms with Crippen molar-refractivity contribution in [2.45, 2.75) is 31.4 Å². The van der Waals surface area contributed by atoms with Crippen LogP contribution in [0.25, 0.3) is 0 Å². The van der Waals surface area contributed by atoms with Crippen molar-refractivity contribution >= 4 is 17.7 Å². The smallest absolute Gasteiger partial charge is 0.223 e. The average molecular weight is 246 g/mol. The number of carbonyl (C=O) groups excluding carboxylic acids is 1. The highest BCUT2D eigenvalue weighted by Gasteiger charge is 2.30. The van der Waals surface area contributed by atoms with Gasteiger partial charge in [-0.2, -0.15) is 11.8 Å². The Balaban J connectivity index is 2.49. The minimum atomic E-state index is 0.160. The molecule has 1 aliphatic rings. The third-order valence-electron chi connectivity index (χ3n) is 3.11. The quantitative estimate of drug-likeness (QED) is 0.776. The summed E-state index contributed by atoms with van der Waals surface area (Å²) >= 11 is 1.70. The molecule has 1 rings (SSSR count). The first-order valence-corrected chi connectivity index (χ1v) is 7.13. The van der Waals surface area contributed by atoms with Gasteiger partial charge in [-0.15, -0.1) is 0 Å². The van der Waals surface area contributed by atoms with Crippen LogP contribution >= 0.6 is 11.8 Å². The summed E-state index contributed by atoms with van der Waals surface area (Å²) < 4.78 is 5.33. The molecule has 1 saturated heterocycles. The Bertz CT molecular complexity index is 226. The van der Waals surface area contributed by atoms with Gasteiger partial charge in [-0.1, -0.05) is 0 Å². The Hall–Kier alpha value is -0.260. The first-order chi connectivity index (χ1) is 7.72. The van der Waals surface area contributed by atoms with E-state index >= 15 is 0 Å². The molecule has 0 bridgehead atoms. The SMILES string of the molecule is COC1CCN(C(=O)CCSC)C(CN)C1. The number of hydrogen-bond donors (Lipinski definition) is 1. The fourth-order valence-corrected chi connectivity index (χ4v) is 2.49. The average Bonchev–Trinajstić information content (AvgIpc) is 2.34. The molecule has 2 N–H and O–H groups in total. The Kier molecular flexibility index (Phi) is 6.16. The number of thioether (sulfide) groups is 1. The molecule has 0 aromatic rings. The van der Waals surface area contributed by atoms with E-state index in [-0.39, 0.29) is 18.1 Å². The minimum absolute atomic E-state index is 0.160. The van der Waals surface area contributed by atoms with Crippen LogP contribution in [0.3, 0.4) is 0 Å². The van der Waals surface area contributed by atoms with Gasteiger partial charge < -0.3 is 15.4 Å². The standard InChI is InChI=1S/C11H22N2O2S/c1-15-10-3-5-13(9(7-10)8-12)11(14)4-6-16-2/h9-10H,3-8,12H2,1-2H3. The van der Waals surface area contributed by atoms with Crippen molar-refractivity contribution < 1.29 is 9.53 Å². The molecule has 4 nitrogen and oxygen atoms in total. The molecule has 1 amide bonds. The molecule has 1 aliphatic heterocycles. The number of ether oxygens (including phenoxy) is 1. The molecule has 1 heterocycles. The molecule has 0 aromatic carbocycles. The Morgan fingerprint density at radius 3 is 2.94 bits per heavy atom. The number of nitrogens with two attached hydrogens (primary N) is 1. The van der Waals surface area contributed by atoms with Crippen molar-refractivity contribution in [2.75, 3.05) is 32.2 Å². The molecule has 16 heavy (non-hydrogen) atoms. The molecule has 5 heteroatoms. The normalized spacial score (nSPS) is 25.8. The van der Waals surface area contributed by atoms with Crippen molar-refractivity contribution in [1.29, 1.82) is 0 Å². The van der Waals surface area contributed by atoms with Crippen LogP contribution in [0.2, 0.25) is 0 Å². The van der Waals surface area contributed by atoms with E-state index in [2.05, 4.69) is 0 Å². The molecule has 94 valence electrons. The largest absolute Gasteiger partial charge is 0.381 e. The second kappa shape index (κ2) is 7.14. The summed E-state index contributed by atoms with van der Waals surface area (Å²) in [5, 5.41) is 0. The number of likely N-dealkylation sites (tertiary alicyclic amines) is 1. The molecular formula is C11H22N2O2S. The maximum Gasteiger partial charge on any atom is 0.223 e. The molecule has 0 saturated carbocycles. The summed E-state index contributed by atoms with van der Waals surface area (Å²) in [6, 6.07) is 0.160. The monoisotopic (exact) mass is 246 g/mol. The van der Waals surface area contributed by atoms with E-state index in [1.54, 1.807) is 18.9 Å². The van der Waals surface area contributed by atoms with Gasteiger partial charge in [0, 0.05) is 38.4 Å². The van der Waals surface area contributed by atoms with E-state index in [0.29, 0.717) is 13.0 Å². The predicted octanol–water partition coefficient (Wildman–Crippen LogP) is 0.704. The zero-order valence-electron chi connectivity index (χ0n) is 10.1. The summed E-state index contributed by atoms with van der Waals surface area (Å²) in [5.74, 6) is 1.12. The summed E-state index contributed by atoms with van der Waals surface area (Å²) in [6.07, 6.45) is 4.70. The maximum absolute atomic E-state index is 11.9. The number of hydrogen-bond acceptors (Lipinski definition) is 4. The van der Waals surface area contributed by atoms with Gasteiger partial charge in [-0.3, -0.25) is 4.79 Å². The van der Waals surface area contributed by atoms with Crippen LogP contribution in [0.5, 0.6) is 0 Å². The summed E-state index contributed by atoms with van der Waals surface area (Å²) in [6.45, 7) is 1.32. The third kappa shape index (κ3) is 3.64. The lowest BCUT2D eigenvalue weighted by atomic mass is 9.99. The van der Waals surface area contributed by atoms with Crippen LogP contribution in [-0.2, 0) is 9.53 Å². The molecule has 2 unspecified atom stereocenters. The van der Waals surface area contributed by atoms with Crippen LogP contribution in [0.4, 0.5) is 0 Å². The van der Waals surface area contributed by atoms with Crippen molar-refractivity contribution in [3.63, 3.8) is 0 Å². The third-order valence-corrected chi connectivity index (χ3v) is 3.73. The maximum atomic E-state index is 11.9. The fourth-order valence-electron chi connectivity index (χ4n) is 2.11.